The maximum Gasteiger partial charge on any atom is 0.301 e. The molecule has 4 aromatic rings. The molecule has 0 saturated carbocycles. The number of anilines is 1. The fourth-order valence-corrected chi connectivity index (χ4v) is 5.78. The van der Waals surface area contributed by atoms with Gasteiger partial charge in [-0.05, 0) is 47.7 Å². The molecular formula is C26H20F2N2O4S2. The standard InChI is InChI=1S/C26H20F2N2O4S2/c1-13(2)12-34-16-7-5-14(6-8-16)23(31)20-22(18-4-3-9-35-18)30(25(33)24(20)32)26-29-21-17(28)10-15(27)11-19(21)36-26/h3-11,13,22,31H,12H2,1-2H3/b23-20+. The van der Waals surface area contributed by atoms with E-state index in [-0.39, 0.29) is 26.7 Å². The number of hydrogen-bond acceptors (Lipinski definition) is 7. The third-order valence-corrected chi connectivity index (χ3v) is 7.50. The Kier molecular flexibility index (Phi) is 6.31. The number of amides is 1. The van der Waals surface area contributed by atoms with E-state index in [1.807, 2.05) is 13.8 Å². The second kappa shape index (κ2) is 9.44. The van der Waals surface area contributed by atoms with Crippen molar-refractivity contribution in [1.29, 1.82) is 0 Å². The largest absolute Gasteiger partial charge is 0.507 e. The lowest BCUT2D eigenvalue weighted by molar-refractivity contribution is -0.132. The number of hydrogen-bond donors (Lipinski definition) is 1. The van der Waals surface area contributed by atoms with Crippen LogP contribution in [0.25, 0.3) is 16.0 Å². The molecule has 184 valence electrons. The Hall–Kier alpha value is -3.63. The van der Waals surface area contributed by atoms with E-state index < -0.39 is 29.4 Å². The first-order valence-corrected chi connectivity index (χ1v) is 12.8. The van der Waals surface area contributed by atoms with Crippen molar-refractivity contribution >= 4 is 55.5 Å². The van der Waals surface area contributed by atoms with Crippen molar-refractivity contribution in [3.63, 3.8) is 0 Å². The van der Waals surface area contributed by atoms with Gasteiger partial charge in [-0.3, -0.25) is 14.5 Å². The van der Waals surface area contributed by atoms with Gasteiger partial charge in [0.2, 0.25) is 0 Å². The van der Waals surface area contributed by atoms with Gasteiger partial charge >= 0.3 is 5.91 Å². The molecule has 2 aromatic carbocycles. The fraction of sp³-hybridized carbons (Fsp3) is 0.192. The lowest BCUT2D eigenvalue weighted by Gasteiger charge is -2.21. The summed E-state index contributed by atoms with van der Waals surface area (Å²) in [6.07, 6.45) is 0. The van der Waals surface area contributed by atoms with Crippen LogP contribution in [-0.4, -0.2) is 28.4 Å². The topological polar surface area (TPSA) is 79.7 Å². The van der Waals surface area contributed by atoms with Crippen LogP contribution in [-0.2, 0) is 9.59 Å². The quantitative estimate of drug-likeness (QED) is 0.181. The molecule has 1 aliphatic heterocycles. The molecule has 1 N–H and O–H groups in total. The molecule has 5 rings (SSSR count). The number of thiophene rings is 1. The lowest BCUT2D eigenvalue weighted by atomic mass is 10.00. The summed E-state index contributed by atoms with van der Waals surface area (Å²) in [5.74, 6) is -2.83. The summed E-state index contributed by atoms with van der Waals surface area (Å²) in [5, 5.41) is 13.0. The summed E-state index contributed by atoms with van der Waals surface area (Å²) in [7, 11) is 0. The minimum Gasteiger partial charge on any atom is -0.507 e. The maximum atomic E-state index is 14.3. The van der Waals surface area contributed by atoms with Gasteiger partial charge in [-0.25, -0.2) is 13.8 Å². The molecule has 1 aliphatic rings. The summed E-state index contributed by atoms with van der Waals surface area (Å²) in [5.41, 5.74) is 0.133. The van der Waals surface area contributed by atoms with Crippen LogP contribution in [0.5, 0.6) is 5.75 Å². The second-order valence-corrected chi connectivity index (χ2v) is 10.6. The zero-order valence-corrected chi connectivity index (χ0v) is 20.8. The van der Waals surface area contributed by atoms with Gasteiger partial charge in [-0.1, -0.05) is 31.3 Å². The van der Waals surface area contributed by atoms with Gasteiger partial charge in [-0.15, -0.1) is 11.3 Å². The number of thiazole rings is 1. The van der Waals surface area contributed by atoms with Crippen molar-refractivity contribution in [3.8, 4) is 5.75 Å². The number of halogens is 2. The average Bonchev–Trinajstić information content (AvgIpc) is 3.57. The number of Topliss-reactive ketones (excluding diaryl/α,β-unsaturated/α-hetero) is 1. The normalized spacial score (nSPS) is 17.5. The molecule has 1 amide bonds. The molecule has 0 bridgehead atoms. The van der Waals surface area contributed by atoms with Crippen LogP contribution < -0.4 is 9.64 Å². The van der Waals surface area contributed by atoms with E-state index in [4.69, 9.17) is 4.74 Å². The lowest BCUT2D eigenvalue weighted by Crippen LogP contribution is -2.28. The molecule has 0 aliphatic carbocycles. The monoisotopic (exact) mass is 526 g/mol. The van der Waals surface area contributed by atoms with Gasteiger partial charge in [-0.2, -0.15) is 0 Å². The minimum atomic E-state index is -0.977. The van der Waals surface area contributed by atoms with Crippen molar-refractivity contribution in [2.45, 2.75) is 19.9 Å². The molecular weight excluding hydrogens is 506 g/mol. The predicted octanol–water partition coefficient (Wildman–Crippen LogP) is 6.30. The van der Waals surface area contributed by atoms with E-state index >= 15 is 0 Å². The van der Waals surface area contributed by atoms with Gasteiger partial charge in [0, 0.05) is 16.5 Å². The molecule has 3 heterocycles. The number of ether oxygens (including phenoxy) is 1. The van der Waals surface area contributed by atoms with Crippen LogP contribution in [0.15, 0.2) is 59.5 Å². The molecule has 0 spiro atoms. The summed E-state index contributed by atoms with van der Waals surface area (Å²) in [6, 6.07) is 10.9. The van der Waals surface area contributed by atoms with Crippen LogP contribution in [0, 0.1) is 17.6 Å². The first-order chi connectivity index (χ1) is 17.2. The first-order valence-electron chi connectivity index (χ1n) is 11.1. The Morgan fingerprint density at radius 2 is 1.92 bits per heavy atom. The maximum absolute atomic E-state index is 14.3. The number of carbonyl (C=O) groups excluding carboxylic acids is 2. The van der Waals surface area contributed by atoms with Crippen LogP contribution in [0.1, 0.15) is 30.3 Å². The number of aromatic nitrogens is 1. The van der Waals surface area contributed by atoms with Crippen molar-refractivity contribution in [2.75, 3.05) is 11.5 Å². The molecule has 6 nitrogen and oxygen atoms in total. The van der Waals surface area contributed by atoms with E-state index in [1.54, 1.807) is 41.8 Å². The van der Waals surface area contributed by atoms with Crippen molar-refractivity contribution in [2.24, 2.45) is 5.92 Å². The zero-order chi connectivity index (χ0) is 25.6. The van der Waals surface area contributed by atoms with E-state index in [0.717, 1.165) is 22.3 Å². The summed E-state index contributed by atoms with van der Waals surface area (Å²) < 4.78 is 34.0. The number of ketones is 1. The van der Waals surface area contributed by atoms with Gasteiger partial charge in [0.05, 0.1) is 16.9 Å². The van der Waals surface area contributed by atoms with Crippen LogP contribution in [0.2, 0.25) is 0 Å². The number of nitrogens with zero attached hydrogens (tertiary/aromatic N) is 2. The molecule has 0 radical (unpaired) electrons. The van der Waals surface area contributed by atoms with Gasteiger partial charge < -0.3 is 9.84 Å². The molecule has 1 fully saturated rings. The number of fused-ring (bicyclic) bond motifs is 1. The molecule has 10 heteroatoms. The van der Waals surface area contributed by atoms with E-state index in [1.165, 1.54) is 11.3 Å². The molecule has 2 aromatic heterocycles. The number of rotatable bonds is 6. The SMILES string of the molecule is CC(C)COc1ccc(/C(O)=C2\C(=O)C(=O)N(c3nc4c(F)cc(F)cc4s3)C2c2cccs2)cc1. The summed E-state index contributed by atoms with van der Waals surface area (Å²) in [4.78, 5) is 32.4. The van der Waals surface area contributed by atoms with E-state index in [2.05, 4.69) is 4.98 Å². The third kappa shape index (κ3) is 4.27. The average molecular weight is 527 g/mol. The van der Waals surface area contributed by atoms with Crippen LogP contribution in [0.3, 0.4) is 0 Å². The van der Waals surface area contributed by atoms with Crippen molar-refractivity contribution in [1.82, 2.24) is 4.98 Å². The van der Waals surface area contributed by atoms with Gasteiger partial charge in [0.25, 0.3) is 5.78 Å². The van der Waals surface area contributed by atoms with Gasteiger partial charge in [0.15, 0.2) is 10.9 Å². The zero-order valence-electron chi connectivity index (χ0n) is 19.2. The number of aliphatic hydroxyl groups is 1. The fourth-order valence-electron chi connectivity index (χ4n) is 3.92. The highest BCUT2D eigenvalue weighted by Gasteiger charge is 2.48. The minimum absolute atomic E-state index is 0.0338. The molecule has 1 unspecified atom stereocenters. The highest BCUT2D eigenvalue weighted by molar-refractivity contribution is 7.22. The number of aliphatic hydroxyl groups excluding tert-OH is 1. The van der Waals surface area contributed by atoms with Crippen LogP contribution >= 0.6 is 22.7 Å². The molecule has 1 atom stereocenters. The Bertz CT molecular complexity index is 1490. The summed E-state index contributed by atoms with van der Waals surface area (Å²) in [6.45, 7) is 4.59. The second-order valence-electron chi connectivity index (χ2n) is 8.64. The van der Waals surface area contributed by atoms with E-state index in [0.29, 0.717) is 34.8 Å². The number of carbonyl (C=O) groups is 2. The molecule has 1 saturated heterocycles. The van der Waals surface area contributed by atoms with Crippen molar-refractivity contribution < 1.29 is 28.2 Å². The molecule has 36 heavy (non-hydrogen) atoms. The third-order valence-electron chi connectivity index (χ3n) is 5.58. The Labute approximate surface area is 213 Å². The predicted molar refractivity (Wildman–Crippen MR) is 135 cm³/mol. The highest BCUT2D eigenvalue weighted by atomic mass is 32.1. The van der Waals surface area contributed by atoms with Crippen LogP contribution in [0.4, 0.5) is 13.9 Å². The Morgan fingerprint density at radius 1 is 1.17 bits per heavy atom. The first kappa shape index (κ1) is 24.1. The smallest absolute Gasteiger partial charge is 0.301 e. The number of benzene rings is 2. The Balaban J connectivity index is 1.60. The van der Waals surface area contributed by atoms with E-state index in [9.17, 15) is 23.5 Å². The van der Waals surface area contributed by atoms with Gasteiger partial charge in [0.1, 0.15) is 28.9 Å². The summed E-state index contributed by atoms with van der Waals surface area (Å²) >= 11 is 2.19. The Morgan fingerprint density at radius 3 is 2.58 bits per heavy atom. The highest BCUT2D eigenvalue weighted by Crippen LogP contribution is 2.45. The van der Waals surface area contributed by atoms with Crippen molar-refractivity contribution in [3.05, 3.63) is 81.6 Å².